The largest absolute Gasteiger partial charge is 0.497 e. The van der Waals surface area contributed by atoms with Gasteiger partial charge in [0.15, 0.2) is 11.5 Å². The van der Waals surface area contributed by atoms with Crippen LogP contribution in [0.25, 0.3) is 11.3 Å². The minimum atomic E-state index is -0.343. The van der Waals surface area contributed by atoms with Crippen molar-refractivity contribution >= 4 is 11.6 Å². The van der Waals surface area contributed by atoms with Crippen LogP contribution in [0.2, 0.25) is 0 Å². The van der Waals surface area contributed by atoms with Crippen LogP contribution in [0.15, 0.2) is 59.4 Å². The molecule has 0 radical (unpaired) electrons. The third kappa shape index (κ3) is 2.95. The molecule has 0 saturated heterocycles. The number of methoxy groups -OCH3 is 1. The van der Waals surface area contributed by atoms with E-state index in [1.54, 1.807) is 55.9 Å². The van der Waals surface area contributed by atoms with Crippen LogP contribution in [-0.2, 0) is 0 Å². The number of hydrogen-bond acceptors (Lipinski definition) is 5. The van der Waals surface area contributed by atoms with Gasteiger partial charge in [0, 0.05) is 29.7 Å². The molecule has 0 atom stereocenters. The first-order chi connectivity index (χ1) is 10.8. The van der Waals surface area contributed by atoms with E-state index in [0.717, 1.165) is 11.3 Å². The van der Waals surface area contributed by atoms with Gasteiger partial charge in [0.1, 0.15) is 5.75 Å². The molecule has 0 unspecified atom stereocenters. The maximum atomic E-state index is 12.1. The van der Waals surface area contributed by atoms with Crippen molar-refractivity contribution in [2.24, 2.45) is 0 Å². The van der Waals surface area contributed by atoms with Crippen LogP contribution in [0, 0.1) is 0 Å². The summed E-state index contributed by atoms with van der Waals surface area (Å²) in [5.74, 6) is 0.871. The van der Waals surface area contributed by atoms with Gasteiger partial charge in [-0.15, -0.1) is 0 Å². The maximum absolute atomic E-state index is 12.1. The van der Waals surface area contributed by atoms with Gasteiger partial charge in [0.05, 0.1) is 7.11 Å². The molecule has 6 heteroatoms. The maximum Gasteiger partial charge on any atom is 0.277 e. The molecular weight excluding hydrogens is 282 g/mol. The molecule has 0 bridgehead atoms. The highest BCUT2D eigenvalue weighted by atomic mass is 16.5. The van der Waals surface area contributed by atoms with Crippen LogP contribution in [0.5, 0.6) is 5.75 Å². The molecule has 0 aliphatic heterocycles. The Bertz CT molecular complexity index is 767. The van der Waals surface area contributed by atoms with E-state index >= 15 is 0 Å². The number of carbonyl (C=O) groups excluding carboxylic acids is 1. The first kappa shape index (κ1) is 13.8. The first-order valence-corrected chi connectivity index (χ1v) is 6.59. The quantitative estimate of drug-likeness (QED) is 0.800. The van der Waals surface area contributed by atoms with Gasteiger partial charge in [-0.1, -0.05) is 5.16 Å². The van der Waals surface area contributed by atoms with E-state index in [0.29, 0.717) is 11.4 Å². The summed E-state index contributed by atoms with van der Waals surface area (Å²) in [5, 5.41) is 6.52. The van der Waals surface area contributed by atoms with Gasteiger partial charge in [-0.25, -0.2) is 0 Å². The highest BCUT2D eigenvalue weighted by molar-refractivity contribution is 6.03. The van der Waals surface area contributed by atoms with Crippen molar-refractivity contribution in [2.75, 3.05) is 12.4 Å². The van der Waals surface area contributed by atoms with Crippen molar-refractivity contribution in [3.05, 3.63) is 60.6 Å². The Morgan fingerprint density at radius 2 is 2.05 bits per heavy atom. The van der Waals surface area contributed by atoms with Gasteiger partial charge < -0.3 is 14.6 Å². The van der Waals surface area contributed by atoms with Crippen molar-refractivity contribution in [3.8, 4) is 17.1 Å². The van der Waals surface area contributed by atoms with Crippen molar-refractivity contribution in [3.63, 3.8) is 0 Å². The SMILES string of the molecule is COc1ccc(NC(=O)c2cc(-c3cccnc3)on2)cc1. The molecule has 0 spiro atoms. The molecule has 3 aromatic rings. The van der Waals surface area contributed by atoms with Crippen molar-refractivity contribution in [1.29, 1.82) is 0 Å². The molecule has 0 saturated carbocycles. The fourth-order valence-electron chi connectivity index (χ4n) is 1.90. The number of rotatable bonds is 4. The molecule has 2 aromatic heterocycles. The lowest BCUT2D eigenvalue weighted by molar-refractivity contribution is 0.101. The second-order valence-electron chi connectivity index (χ2n) is 4.50. The number of aromatic nitrogens is 2. The van der Waals surface area contributed by atoms with Crippen LogP contribution < -0.4 is 10.1 Å². The molecule has 6 nitrogen and oxygen atoms in total. The Morgan fingerprint density at radius 1 is 1.23 bits per heavy atom. The standard InChI is InChI=1S/C16H13N3O3/c1-21-13-6-4-12(5-7-13)18-16(20)14-9-15(22-19-14)11-3-2-8-17-10-11/h2-10H,1H3,(H,18,20). The molecule has 1 aromatic carbocycles. The van der Waals surface area contributed by atoms with E-state index in [9.17, 15) is 4.79 Å². The van der Waals surface area contributed by atoms with Crippen molar-refractivity contribution < 1.29 is 14.1 Å². The highest BCUT2D eigenvalue weighted by Gasteiger charge is 2.14. The second-order valence-corrected chi connectivity index (χ2v) is 4.50. The number of nitrogens with one attached hydrogen (secondary N) is 1. The Labute approximate surface area is 126 Å². The number of amides is 1. The smallest absolute Gasteiger partial charge is 0.277 e. The van der Waals surface area contributed by atoms with Gasteiger partial charge in [-0.05, 0) is 36.4 Å². The number of nitrogens with zero attached hydrogens (tertiary/aromatic N) is 2. The number of benzene rings is 1. The zero-order valence-corrected chi connectivity index (χ0v) is 11.8. The van der Waals surface area contributed by atoms with Crippen LogP contribution in [0.1, 0.15) is 10.5 Å². The lowest BCUT2D eigenvalue weighted by Gasteiger charge is -2.04. The van der Waals surface area contributed by atoms with E-state index < -0.39 is 0 Å². The number of pyridine rings is 1. The van der Waals surface area contributed by atoms with Gasteiger partial charge >= 0.3 is 0 Å². The summed E-state index contributed by atoms with van der Waals surface area (Å²) in [6.45, 7) is 0. The summed E-state index contributed by atoms with van der Waals surface area (Å²) >= 11 is 0. The molecular formula is C16H13N3O3. The van der Waals surface area contributed by atoms with Gasteiger partial charge in [-0.2, -0.15) is 0 Å². The van der Waals surface area contributed by atoms with E-state index in [1.165, 1.54) is 0 Å². The summed E-state index contributed by atoms with van der Waals surface area (Å²) < 4.78 is 10.2. The van der Waals surface area contributed by atoms with E-state index in [1.807, 2.05) is 6.07 Å². The fraction of sp³-hybridized carbons (Fsp3) is 0.0625. The number of hydrogen-bond donors (Lipinski definition) is 1. The van der Waals surface area contributed by atoms with Crippen molar-refractivity contribution in [2.45, 2.75) is 0 Å². The summed E-state index contributed by atoms with van der Waals surface area (Å²) in [4.78, 5) is 16.1. The van der Waals surface area contributed by atoms with Crippen molar-refractivity contribution in [1.82, 2.24) is 10.1 Å². The number of carbonyl (C=O) groups is 1. The van der Waals surface area contributed by atoms with Crippen LogP contribution in [0.3, 0.4) is 0 Å². The topological polar surface area (TPSA) is 77.2 Å². The van der Waals surface area contributed by atoms with E-state index in [2.05, 4.69) is 15.5 Å². The highest BCUT2D eigenvalue weighted by Crippen LogP contribution is 2.20. The summed E-state index contributed by atoms with van der Waals surface area (Å²) in [7, 11) is 1.59. The minimum absolute atomic E-state index is 0.203. The summed E-state index contributed by atoms with van der Waals surface area (Å²) in [6, 6.07) is 12.2. The van der Waals surface area contributed by atoms with Gasteiger partial charge in [-0.3, -0.25) is 9.78 Å². The zero-order chi connectivity index (χ0) is 15.4. The minimum Gasteiger partial charge on any atom is -0.497 e. The molecule has 2 heterocycles. The van der Waals surface area contributed by atoms with Crippen LogP contribution in [0.4, 0.5) is 5.69 Å². The molecule has 0 fully saturated rings. The van der Waals surface area contributed by atoms with E-state index in [-0.39, 0.29) is 11.6 Å². The van der Waals surface area contributed by atoms with Crippen LogP contribution >= 0.6 is 0 Å². The number of anilines is 1. The molecule has 0 aliphatic carbocycles. The third-order valence-corrected chi connectivity index (χ3v) is 3.04. The lowest BCUT2D eigenvalue weighted by Crippen LogP contribution is -2.11. The first-order valence-electron chi connectivity index (χ1n) is 6.59. The Morgan fingerprint density at radius 3 is 2.73 bits per heavy atom. The predicted octanol–water partition coefficient (Wildman–Crippen LogP) is 3.00. The monoisotopic (exact) mass is 295 g/mol. The fourth-order valence-corrected chi connectivity index (χ4v) is 1.90. The van der Waals surface area contributed by atoms with Crippen LogP contribution in [-0.4, -0.2) is 23.2 Å². The molecule has 0 aliphatic rings. The second kappa shape index (κ2) is 6.09. The molecule has 3 rings (SSSR count). The third-order valence-electron chi connectivity index (χ3n) is 3.04. The lowest BCUT2D eigenvalue weighted by atomic mass is 10.2. The Balaban J connectivity index is 1.74. The van der Waals surface area contributed by atoms with Gasteiger partial charge in [0.2, 0.25) is 0 Å². The average molecular weight is 295 g/mol. The molecule has 110 valence electrons. The number of ether oxygens (including phenoxy) is 1. The summed E-state index contributed by atoms with van der Waals surface area (Å²) in [5.41, 5.74) is 1.62. The average Bonchev–Trinajstić information content (AvgIpc) is 3.06. The predicted molar refractivity (Wildman–Crippen MR) is 80.7 cm³/mol. The summed E-state index contributed by atoms with van der Waals surface area (Å²) in [6.07, 6.45) is 3.31. The van der Waals surface area contributed by atoms with Gasteiger partial charge in [0.25, 0.3) is 5.91 Å². The molecule has 1 amide bonds. The van der Waals surface area contributed by atoms with E-state index in [4.69, 9.17) is 9.26 Å². The Kier molecular flexibility index (Phi) is 3.82. The molecule has 22 heavy (non-hydrogen) atoms. The normalized spacial score (nSPS) is 10.2. The molecule has 1 N–H and O–H groups in total. The zero-order valence-electron chi connectivity index (χ0n) is 11.8. The Hall–Kier alpha value is -3.15.